The van der Waals surface area contributed by atoms with Crippen LogP contribution in [-0.4, -0.2) is 25.3 Å². The molecule has 2 aromatic rings. The average molecular weight is 377 g/mol. The van der Waals surface area contributed by atoms with E-state index in [9.17, 15) is 4.79 Å². The molecule has 0 heterocycles. The monoisotopic (exact) mass is 376 g/mol. The molecule has 2 rings (SSSR count). The summed E-state index contributed by atoms with van der Waals surface area (Å²) in [7, 11) is 0. The molecule has 120 valence electrons. The molecule has 0 saturated heterocycles. The highest BCUT2D eigenvalue weighted by molar-refractivity contribution is 9.10. The number of hydrogen-bond donors (Lipinski definition) is 1. The second kappa shape index (κ2) is 8.95. The van der Waals surface area contributed by atoms with E-state index in [-0.39, 0.29) is 12.5 Å². The Hall–Kier alpha value is -2.34. The first-order valence-electron chi connectivity index (χ1n) is 7.12. The number of ether oxygens (including phenoxy) is 1. The first kappa shape index (κ1) is 17.0. The maximum absolute atomic E-state index is 11.9. The second-order valence-corrected chi connectivity index (χ2v) is 5.36. The fraction of sp³-hybridized carbons (Fsp3) is 0.176. The van der Waals surface area contributed by atoms with Crippen LogP contribution in [0.4, 0.5) is 5.69 Å². The van der Waals surface area contributed by atoms with Crippen molar-refractivity contribution in [2.45, 2.75) is 6.92 Å². The normalized spacial score (nSPS) is 10.5. The number of rotatable bonds is 7. The molecule has 1 amide bonds. The van der Waals surface area contributed by atoms with E-state index >= 15 is 0 Å². The Kier molecular flexibility index (Phi) is 6.62. The minimum Gasteiger partial charge on any atom is -0.492 e. The maximum atomic E-state index is 11.9. The van der Waals surface area contributed by atoms with Crippen molar-refractivity contribution in [3.63, 3.8) is 0 Å². The van der Waals surface area contributed by atoms with Gasteiger partial charge in [-0.1, -0.05) is 51.4 Å². The molecule has 6 heteroatoms. The summed E-state index contributed by atoms with van der Waals surface area (Å²) in [6.45, 7) is 2.24. The third-order valence-electron chi connectivity index (χ3n) is 2.83. The predicted molar refractivity (Wildman–Crippen MR) is 93.9 cm³/mol. The molecule has 2 aromatic carbocycles. The quantitative estimate of drug-likeness (QED) is 0.589. The van der Waals surface area contributed by atoms with Gasteiger partial charge < -0.3 is 14.9 Å². The molecule has 0 radical (unpaired) electrons. The lowest BCUT2D eigenvalue weighted by atomic mass is 10.2. The molecule has 1 N–H and O–H groups in total. The zero-order chi connectivity index (χ0) is 16.5. The predicted octanol–water partition coefficient (Wildman–Crippen LogP) is 3.84. The third kappa shape index (κ3) is 5.41. The fourth-order valence-corrected chi connectivity index (χ4v) is 2.19. The molecule has 5 nitrogen and oxygen atoms in total. The number of oxime groups is 1. The van der Waals surface area contributed by atoms with E-state index < -0.39 is 0 Å². The summed E-state index contributed by atoms with van der Waals surface area (Å²) in [4.78, 5) is 16.9. The van der Waals surface area contributed by atoms with Crippen LogP contribution in [0, 0.1) is 0 Å². The molecule has 0 aromatic heterocycles. The van der Waals surface area contributed by atoms with E-state index in [0.29, 0.717) is 18.0 Å². The topological polar surface area (TPSA) is 59.9 Å². The van der Waals surface area contributed by atoms with Gasteiger partial charge in [-0.25, -0.2) is 0 Å². The van der Waals surface area contributed by atoms with E-state index in [1.807, 2.05) is 43.3 Å². The van der Waals surface area contributed by atoms with Gasteiger partial charge in [0.25, 0.3) is 5.91 Å². The maximum Gasteiger partial charge on any atom is 0.265 e. The van der Waals surface area contributed by atoms with Crippen LogP contribution in [0.15, 0.2) is 58.2 Å². The zero-order valence-corrected chi connectivity index (χ0v) is 14.2. The Morgan fingerprint density at radius 2 is 1.96 bits per heavy atom. The van der Waals surface area contributed by atoms with Crippen LogP contribution in [0.5, 0.6) is 5.75 Å². The van der Waals surface area contributed by atoms with Crippen LogP contribution in [0.2, 0.25) is 0 Å². The van der Waals surface area contributed by atoms with Crippen molar-refractivity contribution in [1.82, 2.24) is 0 Å². The van der Waals surface area contributed by atoms with Gasteiger partial charge in [0.1, 0.15) is 5.75 Å². The Morgan fingerprint density at radius 3 is 2.74 bits per heavy atom. The van der Waals surface area contributed by atoms with Gasteiger partial charge in [-0.15, -0.1) is 0 Å². The third-order valence-corrected chi connectivity index (χ3v) is 3.55. The van der Waals surface area contributed by atoms with E-state index in [1.54, 1.807) is 18.3 Å². The summed E-state index contributed by atoms with van der Waals surface area (Å²) in [6, 6.07) is 14.8. The summed E-state index contributed by atoms with van der Waals surface area (Å²) in [6.07, 6.45) is 1.55. The highest BCUT2D eigenvalue weighted by Crippen LogP contribution is 2.23. The molecule has 0 aliphatic rings. The van der Waals surface area contributed by atoms with Gasteiger partial charge in [-0.3, -0.25) is 4.79 Å². The molecular formula is C17H17BrN2O3. The number of para-hydroxylation sites is 2. The summed E-state index contributed by atoms with van der Waals surface area (Å²) in [5.41, 5.74) is 1.48. The standard InChI is InChI=1S/C17H17BrN2O3/c1-2-22-16-10-6-5-9-15(16)20-17(21)12-23-19-11-13-7-3-4-8-14(13)18/h3-11H,2,12H2,1H3,(H,20,21)/b19-11-. The van der Waals surface area contributed by atoms with Crippen molar-refractivity contribution >= 4 is 33.7 Å². The van der Waals surface area contributed by atoms with Crippen molar-refractivity contribution < 1.29 is 14.4 Å². The van der Waals surface area contributed by atoms with Crippen LogP contribution in [-0.2, 0) is 9.63 Å². The van der Waals surface area contributed by atoms with Gasteiger partial charge in [-0.2, -0.15) is 0 Å². The molecule has 0 atom stereocenters. The average Bonchev–Trinajstić information content (AvgIpc) is 2.55. The van der Waals surface area contributed by atoms with Gasteiger partial charge in [-0.05, 0) is 25.1 Å². The van der Waals surface area contributed by atoms with Crippen molar-refractivity contribution in [2.75, 3.05) is 18.5 Å². The van der Waals surface area contributed by atoms with Gasteiger partial charge in [0.05, 0.1) is 18.5 Å². The Balaban J connectivity index is 1.85. The molecule has 0 spiro atoms. The first-order chi connectivity index (χ1) is 11.2. The molecular weight excluding hydrogens is 360 g/mol. The minimum atomic E-state index is -0.304. The molecule has 0 bridgehead atoms. The van der Waals surface area contributed by atoms with E-state index in [1.165, 1.54) is 0 Å². The lowest BCUT2D eigenvalue weighted by Gasteiger charge is -2.10. The van der Waals surface area contributed by atoms with E-state index in [4.69, 9.17) is 9.57 Å². The Morgan fingerprint density at radius 1 is 1.22 bits per heavy atom. The number of carbonyl (C=O) groups is 1. The summed E-state index contributed by atoms with van der Waals surface area (Å²) >= 11 is 3.40. The molecule has 0 fully saturated rings. The largest absolute Gasteiger partial charge is 0.492 e. The number of anilines is 1. The molecule has 0 aliphatic carbocycles. The number of benzene rings is 2. The SMILES string of the molecule is CCOc1ccccc1NC(=O)CO/N=C\c1ccccc1Br. The van der Waals surface area contributed by atoms with Gasteiger partial charge in [0.2, 0.25) is 0 Å². The highest BCUT2D eigenvalue weighted by atomic mass is 79.9. The van der Waals surface area contributed by atoms with Crippen LogP contribution >= 0.6 is 15.9 Å². The Bertz CT molecular complexity index is 689. The van der Waals surface area contributed by atoms with Crippen LogP contribution in [0.3, 0.4) is 0 Å². The Labute approximate surface area is 143 Å². The lowest BCUT2D eigenvalue weighted by molar-refractivity contribution is -0.120. The zero-order valence-electron chi connectivity index (χ0n) is 12.7. The molecule has 0 unspecified atom stereocenters. The highest BCUT2D eigenvalue weighted by Gasteiger charge is 2.07. The van der Waals surface area contributed by atoms with Gasteiger partial charge >= 0.3 is 0 Å². The van der Waals surface area contributed by atoms with Crippen molar-refractivity contribution in [3.8, 4) is 5.75 Å². The number of carbonyl (C=O) groups excluding carboxylic acids is 1. The van der Waals surface area contributed by atoms with Crippen molar-refractivity contribution in [1.29, 1.82) is 0 Å². The second-order valence-electron chi connectivity index (χ2n) is 4.51. The lowest BCUT2D eigenvalue weighted by Crippen LogP contribution is -2.17. The first-order valence-corrected chi connectivity index (χ1v) is 7.91. The number of halogens is 1. The van der Waals surface area contributed by atoms with Crippen LogP contribution in [0.25, 0.3) is 0 Å². The molecule has 0 aliphatic heterocycles. The van der Waals surface area contributed by atoms with E-state index in [2.05, 4.69) is 26.4 Å². The van der Waals surface area contributed by atoms with Crippen molar-refractivity contribution in [2.24, 2.45) is 5.16 Å². The molecule has 0 saturated carbocycles. The number of amides is 1. The van der Waals surface area contributed by atoms with Gasteiger partial charge in [0.15, 0.2) is 6.61 Å². The van der Waals surface area contributed by atoms with Crippen LogP contribution < -0.4 is 10.1 Å². The summed E-state index contributed by atoms with van der Waals surface area (Å²) in [5, 5.41) is 6.53. The van der Waals surface area contributed by atoms with Crippen molar-refractivity contribution in [3.05, 3.63) is 58.6 Å². The van der Waals surface area contributed by atoms with Crippen LogP contribution in [0.1, 0.15) is 12.5 Å². The number of nitrogens with one attached hydrogen (secondary N) is 1. The minimum absolute atomic E-state index is 0.179. The smallest absolute Gasteiger partial charge is 0.265 e. The number of hydrogen-bond acceptors (Lipinski definition) is 4. The van der Waals surface area contributed by atoms with E-state index in [0.717, 1.165) is 10.0 Å². The van der Waals surface area contributed by atoms with Gasteiger partial charge in [0, 0.05) is 10.0 Å². The summed E-state index contributed by atoms with van der Waals surface area (Å²) in [5.74, 6) is 0.321. The fourth-order valence-electron chi connectivity index (χ4n) is 1.81. The summed E-state index contributed by atoms with van der Waals surface area (Å²) < 4.78 is 6.35. The number of nitrogens with zero attached hydrogens (tertiary/aromatic N) is 1. The molecule has 23 heavy (non-hydrogen) atoms.